The quantitative estimate of drug-likeness (QED) is 0.868. The molecule has 2 aromatic rings. The largest absolute Gasteiger partial charge is 0.486 e. The molecule has 1 aliphatic rings. The summed E-state index contributed by atoms with van der Waals surface area (Å²) in [6.07, 6.45) is 2.11. The fourth-order valence-corrected chi connectivity index (χ4v) is 2.58. The van der Waals surface area contributed by atoms with Crippen molar-refractivity contribution in [3.8, 4) is 11.8 Å². The van der Waals surface area contributed by atoms with Crippen molar-refractivity contribution in [2.45, 2.75) is 39.8 Å². The Bertz CT molecular complexity index is 679. The molecule has 21 heavy (non-hydrogen) atoms. The topological polar surface area (TPSA) is 63.7 Å². The lowest BCUT2D eigenvalue weighted by atomic mass is 9.85. The molecule has 0 atom stereocenters. The van der Waals surface area contributed by atoms with Gasteiger partial charge >= 0.3 is 0 Å². The first kappa shape index (κ1) is 13.6. The van der Waals surface area contributed by atoms with E-state index in [0.29, 0.717) is 12.2 Å². The van der Waals surface area contributed by atoms with E-state index in [9.17, 15) is 0 Å². The van der Waals surface area contributed by atoms with Gasteiger partial charge in [-0.25, -0.2) is 0 Å². The molecular formula is C16H18N4O. The molecule has 5 nitrogen and oxygen atoms in total. The molecule has 0 fully saturated rings. The average Bonchev–Trinajstić information content (AvgIpc) is 2.86. The molecule has 0 saturated carbocycles. The lowest BCUT2D eigenvalue weighted by Crippen LogP contribution is -2.28. The van der Waals surface area contributed by atoms with E-state index in [1.807, 2.05) is 0 Å². The normalized spacial score (nSPS) is 16.0. The molecule has 0 radical (unpaired) electrons. The zero-order valence-electron chi connectivity index (χ0n) is 12.3. The number of aryl methyl sites for hydroxylation is 1. The average molecular weight is 282 g/mol. The summed E-state index contributed by atoms with van der Waals surface area (Å²) in [6, 6.07) is 9.19. The van der Waals surface area contributed by atoms with E-state index < -0.39 is 0 Å². The first-order chi connectivity index (χ1) is 10.1. The number of hydrogen-bond acceptors (Lipinski definition) is 4. The molecule has 0 N–H and O–H groups in total. The van der Waals surface area contributed by atoms with Gasteiger partial charge in [0.25, 0.3) is 0 Å². The second kappa shape index (κ2) is 5.21. The van der Waals surface area contributed by atoms with E-state index in [0.717, 1.165) is 36.8 Å². The van der Waals surface area contributed by atoms with Crippen LogP contribution in [0.1, 0.15) is 37.5 Å². The zero-order valence-corrected chi connectivity index (χ0v) is 12.3. The Morgan fingerprint density at radius 3 is 2.76 bits per heavy atom. The van der Waals surface area contributed by atoms with Crippen molar-refractivity contribution in [1.82, 2.24) is 14.8 Å². The number of fused-ring (bicyclic) bond motifs is 1. The van der Waals surface area contributed by atoms with Crippen LogP contribution in [0.3, 0.4) is 0 Å². The molecule has 0 spiro atoms. The first-order valence-corrected chi connectivity index (χ1v) is 7.11. The van der Waals surface area contributed by atoms with Gasteiger partial charge in [-0.15, -0.1) is 10.2 Å². The predicted octanol–water partition coefficient (Wildman–Crippen LogP) is 2.70. The van der Waals surface area contributed by atoms with Crippen LogP contribution in [0.15, 0.2) is 24.3 Å². The Morgan fingerprint density at radius 2 is 2.05 bits per heavy atom. The highest BCUT2D eigenvalue weighted by Gasteiger charge is 2.28. The molecule has 2 heterocycles. The molecule has 108 valence electrons. The zero-order chi connectivity index (χ0) is 14.9. The Kier molecular flexibility index (Phi) is 3.38. The van der Waals surface area contributed by atoms with Gasteiger partial charge in [0.15, 0.2) is 5.82 Å². The fourth-order valence-electron chi connectivity index (χ4n) is 2.58. The SMILES string of the molecule is CC1(C)CCc2nnc(COc3ccc(C#N)cc3)n2C1. The molecule has 0 unspecified atom stereocenters. The summed E-state index contributed by atoms with van der Waals surface area (Å²) in [5, 5.41) is 17.3. The van der Waals surface area contributed by atoms with Crippen LogP contribution in [0, 0.1) is 16.7 Å². The summed E-state index contributed by atoms with van der Waals surface area (Å²) in [5.74, 6) is 2.65. The van der Waals surface area contributed by atoms with Gasteiger partial charge in [-0.1, -0.05) is 13.8 Å². The minimum absolute atomic E-state index is 0.276. The highest BCUT2D eigenvalue weighted by molar-refractivity contribution is 5.34. The van der Waals surface area contributed by atoms with Gasteiger partial charge in [-0.3, -0.25) is 0 Å². The monoisotopic (exact) mass is 282 g/mol. The van der Waals surface area contributed by atoms with Crippen LogP contribution in [0.2, 0.25) is 0 Å². The Hall–Kier alpha value is -2.35. The van der Waals surface area contributed by atoms with Gasteiger partial charge in [0.2, 0.25) is 0 Å². The standard InChI is InChI=1S/C16H18N4O/c1-16(2)8-7-14-18-19-15(20(14)11-16)10-21-13-5-3-12(9-17)4-6-13/h3-6H,7-8,10-11H2,1-2H3. The van der Waals surface area contributed by atoms with Crippen LogP contribution in [0.25, 0.3) is 0 Å². The summed E-state index contributed by atoms with van der Waals surface area (Å²) in [4.78, 5) is 0. The molecule has 0 aliphatic carbocycles. The molecule has 1 aromatic carbocycles. The van der Waals surface area contributed by atoms with Gasteiger partial charge in [-0.2, -0.15) is 5.26 Å². The van der Waals surface area contributed by atoms with Crippen molar-refractivity contribution in [3.63, 3.8) is 0 Å². The van der Waals surface area contributed by atoms with Gasteiger partial charge in [0, 0.05) is 13.0 Å². The molecule has 0 amide bonds. The Balaban J connectivity index is 1.71. The van der Waals surface area contributed by atoms with Crippen molar-refractivity contribution in [2.24, 2.45) is 5.41 Å². The highest BCUT2D eigenvalue weighted by Crippen LogP contribution is 2.30. The smallest absolute Gasteiger partial charge is 0.171 e. The maximum atomic E-state index is 8.78. The molecule has 0 bridgehead atoms. The van der Waals surface area contributed by atoms with Crippen molar-refractivity contribution in [1.29, 1.82) is 5.26 Å². The van der Waals surface area contributed by atoms with Gasteiger partial charge in [0.1, 0.15) is 18.2 Å². The number of aromatic nitrogens is 3. The minimum atomic E-state index is 0.276. The van der Waals surface area contributed by atoms with Crippen LogP contribution in [-0.4, -0.2) is 14.8 Å². The third kappa shape index (κ3) is 2.89. The van der Waals surface area contributed by atoms with Crippen LogP contribution in [0.4, 0.5) is 0 Å². The molecule has 5 heteroatoms. The van der Waals surface area contributed by atoms with Crippen LogP contribution in [-0.2, 0) is 19.6 Å². The fraction of sp³-hybridized carbons (Fsp3) is 0.438. The van der Waals surface area contributed by atoms with Gasteiger partial charge < -0.3 is 9.30 Å². The maximum Gasteiger partial charge on any atom is 0.171 e. The molecule has 1 aromatic heterocycles. The number of hydrogen-bond donors (Lipinski definition) is 0. The van der Waals surface area contributed by atoms with Crippen molar-refractivity contribution in [3.05, 3.63) is 41.5 Å². The Labute approximate surface area is 124 Å². The number of rotatable bonds is 3. The van der Waals surface area contributed by atoms with E-state index in [4.69, 9.17) is 10.00 Å². The summed E-state index contributed by atoms with van der Waals surface area (Å²) in [6.45, 7) is 5.86. The second-order valence-electron chi connectivity index (χ2n) is 6.21. The predicted molar refractivity (Wildman–Crippen MR) is 77.6 cm³/mol. The van der Waals surface area contributed by atoms with Gasteiger partial charge in [-0.05, 0) is 36.1 Å². The second-order valence-corrected chi connectivity index (χ2v) is 6.21. The van der Waals surface area contributed by atoms with E-state index >= 15 is 0 Å². The van der Waals surface area contributed by atoms with Gasteiger partial charge in [0.05, 0.1) is 11.6 Å². The molecule has 0 saturated heterocycles. The summed E-state index contributed by atoms with van der Waals surface area (Å²) >= 11 is 0. The third-order valence-electron chi connectivity index (χ3n) is 3.87. The van der Waals surface area contributed by atoms with E-state index in [-0.39, 0.29) is 5.41 Å². The lowest BCUT2D eigenvalue weighted by Gasteiger charge is -2.30. The number of nitrogens with zero attached hydrogens (tertiary/aromatic N) is 4. The third-order valence-corrected chi connectivity index (χ3v) is 3.87. The first-order valence-electron chi connectivity index (χ1n) is 7.11. The van der Waals surface area contributed by atoms with E-state index in [1.165, 1.54) is 0 Å². The van der Waals surface area contributed by atoms with Crippen LogP contribution < -0.4 is 4.74 Å². The number of ether oxygens (including phenoxy) is 1. The highest BCUT2D eigenvalue weighted by atomic mass is 16.5. The van der Waals surface area contributed by atoms with Crippen LogP contribution in [0.5, 0.6) is 5.75 Å². The van der Waals surface area contributed by atoms with Crippen molar-refractivity contribution < 1.29 is 4.74 Å². The maximum absolute atomic E-state index is 8.78. The number of benzene rings is 1. The summed E-state index contributed by atoms with van der Waals surface area (Å²) < 4.78 is 7.93. The molecular weight excluding hydrogens is 264 g/mol. The molecule has 3 rings (SSSR count). The minimum Gasteiger partial charge on any atom is -0.486 e. The van der Waals surface area contributed by atoms with E-state index in [2.05, 4.69) is 34.7 Å². The lowest BCUT2D eigenvalue weighted by molar-refractivity contribution is 0.227. The van der Waals surface area contributed by atoms with Crippen LogP contribution >= 0.6 is 0 Å². The summed E-state index contributed by atoms with van der Waals surface area (Å²) in [7, 11) is 0. The van der Waals surface area contributed by atoms with Crippen molar-refractivity contribution >= 4 is 0 Å². The van der Waals surface area contributed by atoms with E-state index in [1.54, 1.807) is 24.3 Å². The van der Waals surface area contributed by atoms with Crippen molar-refractivity contribution in [2.75, 3.05) is 0 Å². The summed E-state index contributed by atoms with van der Waals surface area (Å²) in [5.41, 5.74) is 0.905. The number of nitriles is 1. The molecule has 1 aliphatic heterocycles. The Morgan fingerprint density at radius 1 is 1.29 bits per heavy atom.